The molecule has 0 spiro atoms. The summed E-state index contributed by atoms with van der Waals surface area (Å²) in [4.78, 5) is 24.9. The molecule has 0 radical (unpaired) electrons. The lowest BCUT2D eigenvalue weighted by Gasteiger charge is -2.24. The van der Waals surface area contributed by atoms with Crippen molar-refractivity contribution in [2.24, 2.45) is 0 Å². The molecule has 0 fully saturated rings. The quantitative estimate of drug-likeness (QED) is 0.378. The normalized spacial score (nSPS) is 11.7. The van der Waals surface area contributed by atoms with Gasteiger partial charge in [-0.15, -0.1) is 0 Å². The van der Waals surface area contributed by atoms with E-state index in [1.807, 2.05) is 91.0 Å². The van der Waals surface area contributed by atoms with Gasteiger partial charge < -0.3 is 10.4 Å². The van der Waals surface area contributed by atoms with Crippen molar-refractivity contribution in [3.63, 3.8) is 0 Å². The van der Waals surface area contributed by atoms with E-state index < -0.39 is 11.9 Å². The van der Waals surface area contributed by atoms with Gasteiger partial charge in [-0.25, -0.2) is 4.79 Å². The zero-order chi connectivity index (χ0) is 23.0. The first-order chi connectivity index (χ1) is 16.1. The Morgan fingerprint density at radius 2 is 1.09 bits per heavy atom. The maximum absolute atomic E-state index is 13.7. The molecule has 0 saturated carbocycles. The molecule has 0 aliphatic rings. The zero-order valence-electron chi connectivity index (χ0n) is 18.1. The van der Waals surface area contributed by atoms with Crippen LogP contribution in [0.3, 0.4) is 0 Å². The van der Waals surface area contributed by atoms with E-state index in [9.17, 15) is 14.7 Å². The molecule has 0 heterocycles. The van der Waals surface area contributed by atoms with E-state index >= 15 is 0 Å². The molecular weight excluding hydrogens is 410 g/mol. The SMILES string of the molecule is O=C(O)c1ccc(CC(NC(=O)C(c2ccccc2)c2ccccc2)c2ccccc2)cc1. The minimum Gasteiger partial charge on any atom is -0.478 e. The number of nitrogens with one attached hydrogen (secondary N) is 1. The van der Waals surface area contributed by atoms with Gasteiger partial charge in [-0.05, 0) is 40.8 Å². The van der Waals surface area contributed by atoms with Gasteiger partial charge >= 0.3 is 5.97 Å². The fraction of sp³-hybridized carbons (Fsp3) is 0.103. The van der Waals surface area contributed by atoms with Crippen molar-refractivity contribution in [3.05, 3.63) is 143 Å². The smallest absolute Gasteiger partial charge is 0.335 e. The van der Waals surface area contributed by atoms with Crippen molar-refractivity contribution >= 4 is 11.9 Å². The van der Waals surface area contributed by atoms with Crippen LogP contribution >= 0.6 is 0 Å². The molecule has 4 heteroatoms. The van der Waals surface area contributed by atoms with Crippen LogP contribution in [0.15, 0.2) is 115 Å². The molecule has 1 amide bonds. The van der Waals surface area contributed by atoms with E-state index in [0.29, 0.717) is 6.42 Å². The lowest BCUT2D eigenvalue weighted by molar-refractivity contribution is -0.122. The third-order valence-electron chi connectivity index (χ3n) is 5.69. The maximum atomic E-state index is 13.7. The first-order valence-electron chi connectivity index (χ1n) is 10.9. The van der Waals surface area contributed by atoms with Crippen molar-refractivity contribution in [1.82, 2.24) is 5.32 Å². The van der Waals surface area contributed by atoms with Gasteiger partial charge in [0.1, 0.15) is 0 Å². The van der Waals surface area contributed by atoms with E-state index in [0.717, 1.165) is 22.3 Å². The number of rotatable bonds is 8. The Morgan fingerprint density at radius 1 is 0.636 bits per heavy atom. The summed E-state index contributed by atoms with van der Waals surface area (Å²) in [7, 11) is 0. The van der Waals surface area contributed by atoms with Crippen LogP contribution < -0.4 is 5.32 Å². The highest BCUT2D eigenvalue weighted by atomic mass is 16.4. The van der Waals surface area contributed by atoms with Gasteiger partial charge in [0.2, 0.25) is 5.91 Å². The topological polar surface area (TPSA) is 66.4 Å². The Balaban J connectivity index is 1.64. The molecule has 4 nitrogen and oxygen atoms in total. The van der Waals surface area contributed by atoms with Gasteiger partial charge in [-0.2, -0.15) is 0 Å². The minimum atomic E-state index is -0.956. The Bertz CT molecular complexity index is 1150. The van der Waals surface area contributed by atoms with E-state index in [1.165, 1.54) is 0 Å². The van der Waals surface area contributed by atoms with Crippen LogP contribution in [-0.4, -0.2) is 17.0 Å². The number of carbonyl (C=O) groups excluding carboxylic acids is 1. The van der Waals surface area contributed by atoms with Crippen molar-refractivity contribution in [1.29, 1.82) is 0 Å². The van der Waals surface area contributed by atoms with E-state index in [1.54, 1.807) is 24.3 Å². The summed E-state index contributed by atoms with van der Waals surface area (Å²) in [6.45, 7) is 0. The molecule has 4 aromatic carbocycles. The molecule has 2 N–H and O–H groups in total. The predicted molar refractivity (Wildman–Crippen MR) is 129 cm³/mol. The van der Waals surface area contributed by atoms with Crippen LogP contribution in [0.1, 0.15) is 44.6 Å². The Hall–Kier alpha value is -4.18. The number of hydrogen-bond donors (Lipinski definition) is 2. The molecule has 0 aromatic heterocycles. The van der Waals surface area contributed by atoms with Crippen LogP contribution in [-0.2, 0) is 11.2 Å². The van der Waals surface area contributed by atoms with Gasteiger partial charge in [0.25, 0.3) is 0 Å². The summed E-state index contributed by atoms with van der Waals surface area (Å²) in [5, 5.41) is 12.4. The molecule has 0 saturated heterocycles. The second-order valence-corrected chi connectivity index (χ2v) is 7.93. The van der Waals surface area contributed by atoms with Crippen LogP contribution in [0.4, 0.5) is 0 Å². The monoisotopic (exact) mass is 435 g/mol. The first kappa shape index (κ1) is 22.0. The van der Waals surface area contributed by atoms with Gasteiger partial charge in [0.05, 0.1) is 17.5 Å². The highest BCUT2D eigenvalue weighted by Crippen LogP contribution is 2.27. The number of aromatic carboxylic acids is 1. The Kier molecular flexibility index (Phi) is 6.96. The molecule has 4 rings (SSSR count). The van der Waals surface area contributed by atoms with Gasteiger partial charge in [0, 0.05) is 0 Å². The summed E-state index contributed by atoms with van der Waals surface area (Å²) in [6.07, 6.45) is 0.548. The van der Waals surface area contributed by atoms with Crippen LogP contribution in [0.25, 0.3) is 0 Å². The third-order valence-corrected chi connectivity index (χ3v) is 5.69. The third kappa shape index (κ3) is 5.55. The van der Waals surface area contributed by atoms with E-state index in [-0.39, 0.29) is 17.5 Å². The first-order valence-corrected chi connectivity index (χ1v) is 10.9. The highest BCUT2D eigenvalue weighted by molar-refractivity contribution is 5.88. The lowest BCUT2D eigenvalue weighted by Crippen LogP contribution is -2.34. The summed E-state index contributed by atoms with van der Waals surface area (Å²) in [5.74, 6) is -1.47. The zero-order valence-corrected chi connectivity index (χ0v) is 18.1. The summed E-state index contributed by atoms with van der Waals surface area (Å²) >= 11 is 0. The maximum Gasteiger partial charge on any atom is 0.335 e. The fourth-order valence-corrected chi connectivity index (χ4v) is 4.00. The van der Waals surface area contributed by atoms with Crippen molar-refractivity contribution < 1.29 is 14.7 Å². The molecule has 0 aliphatic heterocycles. The van der Waals surface area contributed by atoms with E-state index in [4.69, 9.17) is 0 Å². The number of hydrogen-bond acceptors (Lipinski definition) is 2. The second kappa shape index (κ2) is 10.4. The van der Waals surface area contributed by atoms with Gasteiger partial charge in [-0.1, -0.05) is 103 Å². The average molecular weight is 436 g/mol. The standard InChI is InChI=1S/C29H25NO3/c31-28(27(23-12-6-2-7-13-23)24-14-8-3-9-15-24)30-26(22-10-4-1-5-11-22)20-21-16-18-25(19-17-21)29(32)33/h1-19,26-27H,20H2,(H,30,31)(H,32,33). The van der Waals surface area contributed by atoms with Crippen LogP contribution in [0, 0.1) is 0 Å². The summed E-state index contributed by atoms with van der Waals surface area (Å²) in [6, 6.07) is 35.9. The Labute approximate surface area is 193 Å². The second-order valence-electron chi connectivity index (χ2n) is 7.93. The molecule has 4 aromatic rings. The van der Waals surface area contributed by atoms with Crippen molar-refractivity contribution in [3.8, 4) is 0 Å². The fourth-order valence-electron chi connectivity index (χ4n) is 4.00. The average Bonchev–Trinajstić information content (AvgIpc) is 2.86. The Morgan fingerprint density at radius 3 is 1.55 bits per heavy atom. The predicted octanol–water partition coefficient (Wildman–Crippen LogP) is 5.62. The lowest BCUT2D eigenvalue weighted by atomic mass is 9.89. The molecule has 33 heavy (non-hydrogen) atoms. The molecule has 164 valence electrons. The van der Waals surface area contributed by atoms with Gasteiger partial charge in [-0.3, -0.25) is 4.79 Å². The molecule has 0 aliphatic carbocycles. The number of benzene rings is 4. The molecule has 1 atom stereocenters. The van der Waals surface area contributed by atoms with Crippen molar-refractivity contribution in [2.45, 2.75) is 18.4 Å². The number of amides is 1. The largest absolute Gasteiger partial charge is 0.478 e. The summed E-state index contributed by atoms with van der Waals surface area (Å²) in [5.41, 5.74) is 4.04. The van der Waals surface area contributed by atoms with Crippen LogP contribution in [0.2, 0.25) is 0 Å². The number of carbonyl (C=O) groups is 2. The highest BCUT2D eigenvalue weighted by Gasteiger charge is 2.25. The van der Waals surface area contributed by atoms with Crippen molar-refractivity contribution in [2.75, 3.05) is 0 Å². The minimum absolute atomic E-state index is 0.0802. The van der Waals surface area contributed by atoms with Crippen LogP contribution in [0.5, 0.6) is 0 Å². The number of carboxylic acid groups (broad SMARTS) is 1. The molecule has 0 bridgehead atoms. The summed E-state index contributed by atoms with van der Waals surface area (Å²) < 4.78 is 0. The van der Waals surface area contributed by atoms with E-state index in [2.05, 4.69) is 5.32 Å². The van der Waals surface area contributed by atoms with Gasteiger partial charge in [0.15, 0.2) is 0 Å². The molecular formula is C29H25NO3. The molecule has 1 unspecified atom stereocenters. The number of carboxylic acids is 1.